The summed E-state index contributed by atoms with van der Waals surface area (Å²) in [4.78, 5) is 0. The maximum atomic E-state index is 4.49. The Morgan fingerprint density at radius 3 is 1.75 bits per heavy atom. The van der Waals surface area contributed by atoms with E-state index < -0.39 is 0 Å². The molecular formula is C3H3Zn-. The fourth-order valence-corrected chi connectivity index (χ4v) is 0. The van der Waals surface area contributed by atoms with E-state index in [4.69, 9.17) is 0 Å². The molecule has 0 atom stereocenters. The van der Waals surface area contributed by atoms with E-state index in [-0.39, 0.29) is 19.5 Å². The zero-order valence-corrected chi connectivity index (χ0v) is 5.46. The Labute approximate surface area is 39.4 Å². The van der Waals surface area contributed by atoms with Gasteiger partial charge in [-0.05, 0) is 0 Å². The molecule has 0 N–H and O–H groups in total. The van der Waals surface area contributed by atoms with Gasteiger partial charge in [0.1, 0.15) is 0 Å². The maximum Gasteiger partial charge on any atom is 0 e. The van der Waals surface area contributed by atoms with Crippen molar-refractivity contribution in [3.05, 3.63) is 6.92 Å². The van der Waals surface area contributed by atoms with Crippen LogP contribution in [0.2, 0.25) is 0 Å². The van der Waals surface area contributed by atoms with Crippen molar-refractivity contribution in [1.82, 2.24) is 0 Å². The molecule has 18 valence electrons. The molecule has 0 aromatic heterocycles. The third kappa shape index (κ3) is 800. The van der Waals surface area contributed by atoms with Crippen LogP contribution in [0.3, 0.4) is 0 Å². The van der Waals surface area contributed by atoms with Gasteiger partial charge in [-0.25, -0.2) is 0 Å². The average Bonchev–Trinajstić information content (AvgIpc) is 0.918. The van der Waals surface area contributed by atoms with Crippen LogP contribution in [-0.4, -0.2) is 0 Å². The van der Waals surface area contributed by atoms with Gasteiger partial charge >= 0.3 is 0 Å². The standard InChI is InChI=1S/C3H3.Zn/c1-3-2;/h1H,2H2;/q-1;. The van der Waals surface area contributed by atoms with E-state index in [1.54, 1.807) is 0 Å². The molecule has 0 bridgehead atoms. The van der Waals surface area contributed by atoms with Gasteiger partial charge in [0.25, 0.3) is 0 Å². The Kier molecular flexibility index (Phi) is 26.0. The largest absolute Gasteiger partial charge is 0.345 e. The topological polar surface area (TPSA) is 0 Å². The molecule has 1 heteroatoms. The zero-order chi connectivity index (χ0) is 2.71. The molecule has 0 unspecified atom stereocenters. The Morgan fingerprint density at radius 1 is 1.75 bits per heavy atom. The monoisotopic (exact) mass is 103 g/mol. The molecule has 0 aromatic rings. The summed E-state index contributed by atoms with van der Waals surface area (Å²) < 4.78 is 0. The average molecular weight is 104 g/mol. The summed E-state index contributed by atoms with van der Waals surface area (Å²) in [6, 6.07) is 0. The molecule has 0 nitrogen and oxygen atoms in total. The fraction of sp³-hybridized carbons (Fsp3) is 0. The van der Waals surface area contributed by atoms with Gasteiger partial charge in [-0.3, -0.25) is 0 Å². The first-order valence-corrected chi connectivity index (χ1v) is 0.642. The Hall–Kier alpha value is 0.0534. The molecule has 0 aliphatic heterocycles. The van der Waals surface area contributed by atoms with E-state index in [1.807, 2.05) is 5.92 Å². The van der Waals surface area contributed by atoms with Crippen molar-refractivity contribution in [3.8, 4) is 12.3 Å². The van der Waals surface area contributed by atoms with Crippen LogP contribution in [0, 0.1) is 19.3 Å². The first-order valence-electron chi connectivity index (χ1n) is 0.642. The Balaban J connectivity index is 0. The molecule has 0 saturated carbocycles. The van der Waals surface area contributed by atoms with Crippen LogP contribution in [0.1, 0.15) is 0 Å². The number of rotatable bonds is 0. The van der Waals surface area contributed by atoms with Crippen molar-refractivity contribution < 1.29 is 19.5 Å². The summed E-state index contributed by atoms with van der Waals surface area (Å²) in [6.07, 6.45) is 4.49. The van der Waals surface area contributed by atoms with Crippen LogP contribution < -0.4 is 0 Å². The summed E-state index contributed by atoms with van der Waals surface area (Å²) in [5, 5.41) is 0. The van der Waals surface area contributed by atoms with Crippen molar-refractivity contribution in [2.75, 3.05) is 0 Å². The summed E-state index contributed by atoms with van der Waals surface area (Å²) in [5.41, 5.74) is 0. The third-order valence-corrected chi connectivity index (χ3v) is 0. The third-order valence-electron chi connectivity index (χ3n) is 0. The van der Waals surface area contributed by atoms with Gasteiger partial charge in [-0.15, -0.1) is 0 Å². The number of terminal acetylenes is 1. The summed E-state index contributed by atoms with van der Waals surface area (Å²) in [7, 11) is 0. The van der Waals surface area contributed by atoms with Crippen LogP contribution in [0.4, 0.5) is 0 Å². The first kappa shape index (κ1) is 8.96. The maximum absolute atomic E-state index is 4.49. The quantitative estimate of drug-likeness (QED) is 0.238. The predicted octanol–water partition coefficient (Wildman–Crippen LogP) is 0.451. The SMILES string of the molecule is C#C[CH2-].[Zn]. The summed E-state index contributed by atoms with van der Waals surface area (Å²) in [5.74, 6) is 2.00. The minimum atomic E-state index is 0. The second-order valence-corrected chi connectivity index (χ2v) is 0.204. The van der Waals surface area contributed by atoms with Crippen molar-refractivity contribution >= 4 is 0 Å². The zero-order valence-electron chi connectivity index (χ0n) is 2.49. The molecule has 0 heterocycles. The van der Waals surface area contributed by atoms with Crippen molar-refractivity contribution in [1.29, 1.82) is 0 Å². The molecule has 0 aromatic carbocycles. The fourth-order valence-electron chi connectivity index (χ4n) is 0. The van der Waals surface area contributed by atoms with Crippen molar-refractivity contribution in [2.45, 2.75) is 0 Å². The molecule has 0 amide bonds. The van der Waals surface area contributed by atoms with Crippen molar-refractivity contribution in [2.24, 2.45) is 0 Å². The van der Waals surface area contributed by atoms with E-state index in [0.717, 1.165) is 0 Å². The molecule has 0 spiro atoms. The summed E-state index contributed by atoms with van der Waals surface area (Å²) in [6.45, 7) is 3.01. The van der Waals surface area contributed by atoms with Gasteiger partial charge in [-0.1, -0.05) is 0 Å². The molecule has 0 aliphatic carbocycles. The first-order chi connectivity index (χ1) is 1.41. The minimum Gasteiger partial charge on any atom is -0.345 e. The number of hydrogen-bond acceptors (Lipinski definition) is 0. The van der Waals surface area contributed by atoms with Crippen LogP contribution in [-0.2, 0) is 19.5 Å². The van der Waals surface area contributed by atoms with Crippen molar-refractivity contribution in [3.63, 3.8) is 0 Å². The van der Waals surface area contributed by atoms with E-state index in [2.05, 4.69) is 13.3 Å². The predicted molar refractivity (Wildman–Crippen MR) is 14.2 cm³/mol. The van der Waals surface area contributed by atoms with Gasteiger partial charge in [0.05, 0.1) is 0 Å². The van der Waals surface area contributed by atoms with Crippen LogP contribution in [0.15, 0.2) is 0 Å². The molecule has 0 aliphatic rings. The van der Waals surface area contributed by atoms with E-state index in [0.29, 0.717) is 0 Å². The molecule has 0 radical (unpaired) electrons. The van der Waals surface area contributed by atoms with Gasteiger partial charge in [0.15, 0.2) is 0 Å². The smallest absolute Gasteiger partial charge is 0 e. The molecule has 0 rings (SSSR count). The van der Waals surface area contributed by atoms with E-state index in [9.17, 15) is 0 Å². The molecular weight excluding hydrogens is 101 g/mol. The number of hydrogen-bond donors (Lipinski definition) is 0. The van der Waals surface area contributed by atoms with Gasteiger partial charge < -0.3 is 12.3 Å². The van der Waals surface area contributed by atoms with Gasteiger partial charge in [0, 0.05) is 19.5 Å². The molecule has 4 heavy (non-hydrogen) atoms. The Bertz CT molecular complexity index is 24.8. The van der Waals surface area contributed by atoms with Gasteiger partial charge in [0.2, 0.25) is 0 Å². The second-order valence-electron chi connectivity index (χ2n) is 0.204. The summed E-state index contributed by atoms with van der Waals surface area (Å²) >= 11 is 0. The van der Waals surface area contributed by atoms with E-state index in [1.165, 1.54) is 0 Å². The van der Waals surface area contributed by atoms with Gasteiger partial charge in [-0.2, -0.15) is 6.92 Å². The van der Waals surface area contributed by atoms with Crippen LogP contribution in [0.5, 0.6) is 0 Å². The van der Waals surface area contributed by atoms with Crippen LogP contribution in [0.25, 0.3) is 0 Å². The second kappa shape index (κ2) is 11.6. The minimum absolute atomic E-state index is 0. The van der Waals surface area contributed by atoms with Crippen LogP contribution >= 0.6 is 0 Å². The normalized spacial score (nSPS) is 1.75. The molecule has 0 saturated heterocycles. The van der Waals surface area contributed by atoms with E-state index >= 15 is 0 Å². The Morgan fingerprint density at radius 2 is 1.75 bits per heavy atom. The molecule has 0 fully saturated rings.